The third kappa shape index (κ3) is 7.48. The van der Waals surface area contributed by atoms with Gasteiger partial charge in [0.05, 0.1) is 18.9 Å². The summed E-state index contributed by atoms with van der Waals surface area (Å²) in [7, 11) is 1.48. The summed E-state index contributed by atoms with van der Waals surface area (Å²) in [5.74, 6) is 0.413. The normalized spacial score (nSPS) is 10.6. The van der Waals surface area contributed by atoms with Crippen molar-refractivity contribution in [3.05, 3.63) is 89.5 Å². The second-order valence-electron chi connectivity index (χ2n) is 7.50. The van der Waals surface area contributed by atoms with Crippen LogP contribution >= 0.6 is 0 Å². The van der Waals surface area contributed by atoms with Crippen LogP contribution in [0.4, 0.5) is 0 Å². The molecule has 0 unspecified atom stereocenters. The Morgan fingerprint density at radius 2 is 1.74 bits per heavy atom. The van der Waals surface area contributed by atoms with Crippen LogP contribution in [0.25, 0.3) is 0 Å². The van der Waals surface area contributed by atoms with E-state index in [1.165, 1.54) is 18.9 Å². The van der Waals surface area contributed by atoms with E-state index < -0.39 is 5.97 Å². The molecule has 3 aromatic rings. The number of aryl methyl sites for hydroxylation is 1. The van der Waals surface area contributed by atoms with Crippen molar-refractivity contribution in [1.82, 2.24) is 5.43 Å². The number of hydrogen-bond acceptors (Lipinski definition) is 6. The number of amides is 1. The minimum absolute atomic E-state index is 0.149. The highest BCUT2D eigenvalue weighted by molar-refractivity contribution is 5.91. The van der Waals surface area contributed by atoms with Crippen molar-refractivity contribution in [2.24, 2.45) is 5.10 Å². The molecule has 0 saturated heterocycles. The molecule has 0 aliphatic heterocycles. The molecule has 1 N–H and O–H groups in total. The number of hydrogen-bond donors (Lipinski definition) is 1. The number of carbonyl (C=O) groups is 2. The Hall–Kier alpha value is -4.13. The van der Waals surface area contributed by atoms with E-state index in [1.807, 2.05) is 30.3 Å². The number of carbonyl (C=O) groups excluding carboxylic acids is 2. The average Bonchev–Trinajstić information content (AvgIpc) is 2.88. The van der Waals surface area contributed by atoms with Crippen LogP contribution in [0.15, 0.2) is 77.9 Å². The van der Waals surface area contributed by atoms with E-state index in [4.69, 9.17) is 14.2 Å². The summed E-state index contributed by atoms with van der Waals surface area (Å²) in [6.45, 7) is 2.01. The van der Waals surface area contributed by atoms with Gasteiger partial charge in [-0.1, -0.05) is 43.7 Å². The first-order valence-electron chi connectivity index (χ1n) is 11.1. The molecule has 3 aromatic carbocycles. The number of methoxy groups -OCH3 is 1. The number of unbranched alkanes of at least 4 members (excludes halogenated alkanes) is 1. The van der Waals surface area contributed by atoms with Gasteiger partial charge in [-0.05, 0) is 66.4 Å². The predicted octanol–water partition coefficient (Wildman–Crippen LogP) is 4.79. The summed E-state index contributed by atoms with van der Waals surface area (Å²) < 4.78 is 16.2. The summed E-state index contributed by atoms with van der Waals surface area (Å²) in [6.07, 6.45) is 4.80. The van der Waals surface area contributed by atoms with Crippen LogP contribution in [0.5, 0.6) is 17.2 Å². The fourth-order valence-electron chi connectivity index (χ4n) is 3.08. The highest BCUT2D eigenvalue weighted by atomic mass is 16.6. The molecule has 0 atom stereocenters. The first-order chi connectivity index (χ1) is 16.6. The van der Waals surface area contributed by atoms with E-state index in [9.17, 15) is 9.59 Å². The van der Waals surface area contributed by atoms with E-state index in [0.29, 0.717) is 22.6 Å². The highest BCUT2D eigenvalue weighted by Gasteiger charge is 2.12. The second-order valence-corrected chi connectivity index (χ2v) is 7.50. The van der Waals surface area contributed by atoms with E-state index in [1.54, 1.807) is 42.5 Å². The van der Waals surface area contributed by atoms with Gasteiger partial charge in [-0.2, -0.15) is 5.10 Å². The van der Waals surface area contributed by atoms with Crippen molar-refractivity contribution in [3.63, 3.8) is 0 Å². The third-order valence-corrected chi connectivity index (χ3v) is 4.91. The topological polar surface area (TPSA) is 86.2 Å². The van der Waals surface area contributed by atoms with Crippen molar-refractivity contribution in [1.29, 1.82) is 0 Å². The zero-order chi connectivity index (χ0) is 24.2. The zero-order valence-corrected chi connectivity index (χ0v) is 19.3. The number of nitrogens with one attached hydrogen (secondary N) is 1. The average molecular weight is 461 g/mol. The van der Waals surface area contributed by atoms with Crippen molar-refractivity contribution in [2.45, 2.75) is 26.2 Å². The summed E-state index contributed by atoms with van der Waals surface area (Å²) in [6, 6.07) is 21.4. The summed E-state index contributed by atoms with van der Waals surface area (Å²) in [5, 5.41) is 3.95. The van der Waals surface area contributed by atoms with Crippen molar-refractivity contribution in [2.75, 3.05) is 13.7 Å². The molecule has 0 heterocycles. The highest BCUT2D eigenvalue weighted by Crippen LogP contribution is 2.28. The molecule has 0 aromatic heterocycles. The molecule has 1 amide bonds. The molecule has 176 valence electrons. The molecular weight excluding hydrogens is 432 g/mol. The molecular formula is C27H28N2O5. The monoisotopic (exact) mass is 460 g/mol. The standard InChI is InChI=1S/C27H28N2O5/c1-3-4-8-20-11-14-23(15-12-20)33-19-26(30)29-28-18-21-13-16-24(25(17-21)32-2)34-27(31)22-9-6-5-7-10-22/h5-7,9-18H,3-4,8,19H2,1-2H3,(H,29,30)/b28-18+. The summed E-state index contributed by atoms with van der Waals surface area (Å²) in [4.78, 5) is 24.3. The van der Waals surface area contributed by atoms with Crippen LogP contribution in [0.3, 0.4) is 0 Å². The number of nitrogens with zero attached hydrogens (tertiary/aromatic N) is 1. The second kappa shape index (κ2) is 12.8. The van der Waals surface area contributed by atoms with Gasteiger partial charge < -0.3 is 14.2 Å². The van der Waals surface area contributed by atoms with E-state index >= 15 is 0 Å². The summed E-state index contributed by atoms with van der Waals surface area (Å²) in [5.41, 5.74) is 4.77. The zero-order valence-electron chi connectivity index (χ0n) is 19.3. The number of esters is 1. The number of ether oxygens (including phenoxy) is 3. The number of benzene rings is 3. The lowest BCUT2D eigenvalue weighted by molar-refractivity contribution is -0.123. The van der Waals surface area contributed by atoms with Crippen LogP contribution < -0.4 is 19.6 Å². The minimum Gasteiger partial charge on any atom is -0.493 e. The Morgan fingerprint density at radius 3 is 2.44 bits per heavy atom. The molecule has 0 bridgehead atoms. The smallest absolute Gasteiger partial charge is 0.343 e. The molecule has 0 radical (unpaired) electrons. The Balaban J connectivity index is 1.50. The van der Waals surface area contributed by atoms with Gasteiger partial charge in [0, 0.05) is 0 Å². The number of rotatable bonds is 11. The van der Waals surface area contributed by atoms with Gasteiger partial charge in [-0.25, -0.2) is 10.2 Å². The lowest BCUT2D eigenvalue weighted by Gasteiger charge is -2.10. The molecule has 0 aliphatic rings. The maximum Gasteiger partial charge on any atom is 0.343 e. The van der Waals surface area contributed by atoms with Gasteiger partial charge in [-0.3, -0.25) is 4.79 Å². The van der Waals surface area contributed by atoms with Crippen molar-refractivity contribution >= 4 is 18.1 Å². The van der Waals surface area contributed by atoms with Gasteiger partial charge in [0.25, 0.3) is 5.91 Å². The fourth-order valence-corrected chi connectivity index (χ4v) is 3.08. The SMILES string of the molecule is CCCCc1ccc(OCC(=O)N/N=C/c2ccc(OC(=O)c3ccccc3)c(OC)c2)cc1. The molecule has 3 rings (SSSR count). The predicted molar refractivity (Wildman–Crippen MR) is 131 cm³/mol. The van der Waals surface area contributed by atoms with Gasteiger partial charge in [0.15, 0.2) is 18.1 Å². The quantitative estimate of drug-likeness (QED) is 0.193. The van der Waals surface area contributed by atoms with Gasteiger partial charge in [0.1, 0.15) is 5.75 Å². The molecule has 0 fully saturated rings. The Kier molecular flexibility index (Phi) is 9.22. The van der Waals surface area contributed by atoms with Crippen LogP contribution in [0.2, 0.25) is 0 Å². The van der Waals surface area contributed by atoms with Crippen LogP contribution in [0, 0.1) is 0 Å². The largest absolute Gasteiger partial charge is 0.493 e. The van der Waals surface area contributed by atoms with Crippen molar-refractivity contribution in [3.8, 4) is 17.2 Å². The van der Waals surface area contributed by atoms with E-state index in [0.717, 1.165) is 19.3 Å². The first kappa shape index (κ1) is 24.5. The van der Waals surface area contributed by atoms with Crippen LogP contribution in [-0.2, 0) is 11.2 Å². The molecule has 0 saturated carbocycles. The third-order valence-electron chi connectivity index (χ3n) is 4.91. The maximum absolute atomic E-state index is 12.3. The minimum atomic E-state index is -0.483. The van der Waals surface area contributed by atoms with Crippen LogP contribution in [0.1, 0.15) is 41.3 Å². The van der Waals surface area contributed by atoms with Crippen molar-refractivity contribution < 1.29 is 23.8 Å². The molecule has 7 nitrogen and oxygen atoms in total. The molecule has 7 heteroatoms. The summed E-state index contributed by atoms with van der Waals surface area (Å²) >= 11 is 0. The Bertz CT molecular complexity index is 1110. The van der Waals surface area contributed by atoms with Gasteiger partial charge in [-0.15, -0.1) is 0 Å². The van der Waals surface area contributed by atoms with Gasteiger partial charge in [0.2, 0.25) is 0 Å². The van der Waals surface area contributed by atoms with E-state index in [2.05, 4.69) is 17.5 Å². The maximum atomic E-state index is 12.3. The fraction of sp³-hybridized carbons (Fsp3) is 0.222. The molecule has 34 heavy (non-hydrogen) atoms. The number of hydrazone groups is 1. The van der Waals surface area contributed by atoms with Gasteiger partial charge >= 0.3 is 5.97 Å². The van der Waals surface area contributed by atoms with E-state index in [-0.39, 0.29) is 18.3 Å². The molecule has 0 spiro atoms. The lowest BCUT2D eigenvalue weighted by Crippen LogP contribution is -2.24. The molecule has 0 aliphatic carbocycles. The Labute approximate surface area is 199 Å². The van der Waals surface area contributed by atoms with Crippen LogP contribution in [-0.4, -0.2) is 31.8 Å². The first-order valence-corrected chi connectivity index (χ1v) is 11.1. The lowest BCUT2D eigenvalue weighted by atomic mass is 10.1. The Morgan fingerprint density at radius 1 is 0.971 bits per heavy atom.